The SMILES string of the molecule is CCCC[C@H](CC)CNC(=O)CN(c1cc(C)ccc1C)S(=O)(=O)N(C)C. The molecule has 0 aromatic heterocycles. The molecule has 1 rings (SSSR count). The Labute approximate surface area is 165 Å². The fraction of sp³-hybridized carbons (Fsp3) is 0.650. The Balaban J connectivity index is 2.99. The summed E-state index contributed by atoms with van der Waals surface area (Å²) in [5.74, 6) is 0.143. The van der Waals surface area contributed by atoms with Gasteiger partial charge in [0.25, 0.3) is 0 Å². The molecule has 1 aromatic carbocycles. The summed E-state index contributed by atoms with van der Waals surface area (Å²) in [6, 6.07) is 5.61. The lowest BCUT2D eigenvalue weighted by molar-refractivity contribution is -0.119. The Morgan fingerprint density at radius 1 is 1.19 bits per heavy atom. The van der Waals surface area contributed by atoms with Crippen LogP contribution in [0.15, 0.2) is 18.2 Å². The number of nitrogens with one attached hydrogen (secondary N) is 1. The smallest absolute Gasteiger partial charge is 0.304 e. The number of benzene rings is 1. The molecule has 0 aliphatic rings. The Hall–Kier alpha value is -1.60. The van der Waals surface area contributed by atoms with Gasteiger partial charge in [-0.05, 0) is 43.4 Å². The first-order chi connectivity index (χ1) is 12.6. The van der Waals surface area contributed by atoms with E-state index >= 15 is 0 Å². The number of aryl methyl sites for hydroxylation is 2. The van der Waals surface area contributed by atoms with E-state index in [9.17, 15) is 13.2 Å². The second-order valence-corrected chi connectivity index (χ2v) is 9.37. The Morgan fingerprint density at radius 3 is 2.41 bits per heavy atom. The van der Waals surface area contributed by atoms with E-state index in [0.717, 1.165) is 41.1 Å². The number of rotatable bonds is 11. The summed E-state index contributed by atoms with van der Waals surface area (Å²) in [6.45, 7) is 8.38. The molecule has 1 aromatic rings. The lowest BCUT2D eigenvalue weighted by Crippen LogP contribution is -2.46. The van der Waals surface area contributed by atoms with Crippen LogP contribution < -0.4 is 9.62 Å². The van der Waals surface area contributed by atoms with Crippen LogP contribution in [0, 0.1) is 19.8 Å². The van der Waals surface area contributed by atoms with Crippen molar-refractivity contribution in [3.63, 3.8) is 0 Å². The molecule has 0 saturated heterocycles. The molecule has 0 saturated carbocycles. The van der Waals surface area contributed by atoms with Gasteiger partial charge in [0, 0.05) is 20.6 Å². The van der Waals surface area contributed by atoms with Crippen molar-refractivity contribution in [2.45, 2.75) is 53.4 Å². The molecule has 0 aliphatic heterocycles. The number of nitrogens with zero attached hydrogens (tertiary/aromatic N) is 2. The molecule has 0 heterocycles. The Morgan fingerprint density at radius 2 is 1.85 bits per heavy atom. The van der Waals surface area contributed by atoms with Crippen molar-refractivity contribution >= 4 is 21.8 Å². The van der Waals surface area contributed by atoms with Crippen molar-refractivity contribution in [3.05, 3.63) is 29.3 Å². The first-order valence-corrected chi connectivity index (χ1v) is 11.1. The van der Waals surface area contributed by atoms with Crippen molar-refractivity contribution in [2.75, 3.05) is 31.5 Å². The highest BCUT2D eigenvalue weighted by Gasteiger charge is 2.28. The van der Waals surface area contributed by atoms with Crippen molar-refractivity contribution in [1.29, 1.82) is 0 Å². The number of carbonyl (C=O) groups is 1. The normalized spacial score (nSPS) is 12.9. The van der Waals surface area contributed by atoms with Gasteiger partial charge in [-0.3, -0.25) is 4.79 Å². The zero-order valence-electron chi connectivity index (χ0n) is 17.6. The molecule has 0 radical (unpaired) electrons. The molecule has 1 amide bonds. The maximum atomic E-state index is 12.8. The average Bonchev–Trinajstić information content (AvgIpc) is 2.61. The molecular formula is C20H35N3O3S. The van der Waals surface area contributed by atoms with E-state index in [1.807, 2.05) is 26.0 Å². The van der Waals surface area contributed by atoms with E-state index in [0.29, 0.717) is 18.2 Å². The highest BCUT2D eigenvalue weighted by atomic mass is 32.2. The highest BCUT2D eigenvalue weighted by Crippen LogP contribution is 2.25. The van der Waals surface area contributed by atoms with Gasteiger partial charge in [-0.2, -0.15) is 12.7 Å². The standard InChI is InChI=1S/C20H35N3O3S/c1-7-9-10-18(8-2)14-21-20(24)15-23(27(25,26)22(5)6)19-13-16(3)11-12-17(19)4/h11-13,18H,7-10,14-15H2,1-6H3,(H,21,24)/t18-/m0/s1. The first-order valence-electron chi connectivity index (χ1n) is 9.67. The first kappa shape index (κ1) is 23.4. The van der Waals surface area contributed by atoms with E-state index < -0.39 is 10.2 Å². The van der Waals surface area contributed by atoms with Gasteiger partial charge in [0.05, 0.1) is 5.69 Å². The second-order valence-electron chi connectivity index (χ2n) is 7.31. The van der Waals surface area contributed by atoms with Crippen LogP contribution in [0.1, 0.15) is 50.7 Å². The van der Waals surface area contributed by atoms with E-state index in [-0.39, 0.29) is 12.5 Å². The molecule has 6 nitrogen and oxygen atoms in total. The van der Waals surface area contributed by atoms with Crippen LogP contribution in [0.25, 0.3) is 0 Å². The minimum Gasteiger partial charge on any atom is -0.354 e. The molecule has 0 fully saturated rings. The largest absolute Gasteiger partial charge is 0.354 e. The van der Waals surface area contributed by atoms with Gasteiger partial charge >= 0.3 is 10.2 Å². The molecule has 0 bridgehead atoms. The molecule has 0 unspecified atom stereocenters. The molecular weight excluding hydrogens is 362 g/mol. The molecule has 154 valence electrons. The average molecular weight is 398 g/mol. The molecule has 7 heteroatoms. The van der Waals surface area contributed by atoms with Crippen LogP contribution in [-0.2, 0) is 15.0 Å². The molecule has 1 atom stereocenters. The van der Waals surface area contributed by atoms with Gasteiger partial charge in [-0.15, -0.1) is 0 Å². The minimum atomic E-state index is -3.78. The van der Waals surface area contributed by atoms with E-state index in [1.54, 1.807) is 6.07 Å². The number of unbranched alkanes of at least 4 members (excludes halogenated alkanes) is 1. The van der Waals surface area contributed by atoms with Gasteiger partial charge in [-0.1, -0.05) is 45.2 Å². The molecule has 0 spiro atoms. The summed E-state index contributed by atoms with van der Waals surface area (Å²) in [7, 11) is -0.828. The van der Waals surface area contributed by atoms with Crippen molar-refractivity contribution < 1.29 is 13.2 Å². The van der Waals surface area contributed by atoms with Crippen molar-refractivity contribution in [3.8, 4) is 0 Å². The van der Waals surface area contributed by atoms with E-state index in [2.05, 4.69) is 19.2 Å². The predicted molar refractivity (Wildman–Crippen MR) is 112 cm³/mol. The number of hydrogen-bond acceptors (Lipinski definition) is 3. The Kier molecular flexibility index (Phi) is 9.26. The summed E-state index contributed by atoms with van der Waals surface area (Å²) >= 11 is 0. The van der Waals surface area contributed by atoms with Crippen molar-refractivity contribution in [2.24, 2.45) is 5.92 Å². The summed E-state index contributed by atoms with van der Waals surface area (Å²) < 4.78 is 28.0. The third kappa shape index (κ3) is 6.81. The maximum Gasteiger partial charge on any atom is 0.304 e. The number of anilines is 1. The number of amides is 1. The fourth-order valence-corrected chi connectivity index (χ4v) is 3.98. The quantitative estimate of drug-likeness (QED) is 0.623. The molecule has 27 heavy (non-hydrogen) atoms. The lowest BCUT2D eigenvalue weighted by atomic mass is 9.99. The number of hydrogen-bond donors (Lipinski definition) is 1. The van der Waals surface area contributed by atoms with Gasteiger partial charge in [0.1, 0.15) is 6.54 Å². The van der Waals surface area contributed by atoms with Crippen LogP contribution in [0.3, 0.4) is 0 Å². The fourth-order valence-electron chi connectivity index (χ4n) is 2.86. The zero-order chi connectivity index (χ0) is 20.6. The summed E-state index contributed by atoms with van der Waals surface area (Å²) in [5, 5.41) is 2.92. The third-order valence-corrected chi connectivity index (χ3v) is 6.60. The highest BCUT2D eigenvalue weighted by molar-refractivity contribution is 7.90. The second kappa shape index (κ2) is 10.7. The minimum absolute atomic E-state index is 0.227. The Bertz CT molecular complexity index is 717. The van der Waals surface area contributed by atoms with Crippen LogP contribution in [0.4, 0.5) is 5.69 Å². The van der Waals surface area contributed by atoms with Crippen LogP contribution in [0.2, 0.25) is 0 Å². The van der Waals surface area contributed by atoms with Crippen molar-refractivity contribution in [1.82, 2.24) is 9.62 Å². The summed E-state index contributed by atoms with van der Waals surface area (Å²) in [5.41, 5.74) is 2.30. The summed E-state index contributed by atoms with van der Waals surface area (Å²) in [4.78, 5) is 12.6. The van der Waals surface area contributed by atoms with Crippen LogP contribution in [-0.4, -0.2) is 45.8 Å². The maximum absolute atomic E-state index is 12.8. The van der Waals surface area contributed by atoms with E-state index in [4.69, 9.17) is 0 Å². The van der Waals surface area contributed by atoms with Gasteiger partial charge in [0.2, 0.25) is 5.91 Å². The van der Waals surface area contributed by atoms with E-state index in [1.165, 1.54) is 18.4 Å². The molecule has 0 aliphatic carbocycles. The summed E-state index contributed by atoms with van der Waals surface area (Å²) in [6.07, 6.45) is 4.34. The van der Waals surface area contributed by atoms with Crippen LogP contribution >= 0.6 is 0 Å². The lowest BCUT2D eigenvalue weighted by Gasteiger charge is -2.28. The van der Waals surface area contributed by atoms with Gasteiger partial charge in [-0.25, -0.2) is 4.31 Å². The zero-order valence-corrected chi connectivity index (χ0v) is 18.4. The predicted octanol–water partition coefficient (Wildman–Crippen LogP) is 3.25. The topological polar surface area (TPSA) is 69.7 Å². The van der Waals surface area contributed by atoms with Gasteiger partial charge < -0.3 is 5.32 Å². The molecule has 1 N–H and O–H groups in total. The number of carbonyl (C=O) groups excluding carboxylic acids is 1. The monoisotopic (exact) mass is 397 g/mol. The van der Waals surface area contributed by atoms with Crippen LogP contribution in [0.5, 0.6) is 0 Å². The van der Waals surface area contributed by atoms with Gasteiger partial charge in [0.15, 0.2) is 0 Å². The third-order valence-electron chi connectivity index (χ3n) is 4.79.